The van der Waals surface area contributed by atoms with Gasteiger partial charge in [-0.1, -0.05) is 159 Å². The van der Waals surface area contributed by atoms with Gasteiger partial charge in [0.05, 0.1) is 5.56 Å². The zero-order valence-electron chi connectivity index (χ0n) is 41.9. The van der Waals surface area contributed by atoms with Crippen LogP contribution in [0.3, 0.4) is 0 Å². The molecule has 6 aromatic rings. The van der Waals surface area contributed by atoms with E-state index < -0.39 is 40.8 Å². The predicted molar refractivity (Wildman–Crippen MR) is 283 cm³/mol. The third-order valence-corrected chi connectivity index (χ3v) is 10.5. The van der Waals surface area contributed by atoms with Crippen molar-refractivity contribution in [3.63, 3.8) is 0 Å². The zero-order chi connectivity index (χ0) is 53.1. The monoisotopic (exact) mass is 1040 g/mol. The Morgan fingerprint density at radius 1 is 0.347 bits per heavy atom. The number of hydrogen-bond acceptors (Lipinski definition) is 0. The molecule has 0 saturated heterocycles. The van der Waals surface area contributed by atoms with Crippen LogP contribution in [0.1, 0.15) is 191 Å². The van der Waals surface area contributed by atoms with Gasteiger partial charge in [0.15, 0.2) is 0 Å². The number of hydrogen-bond donors (Lipinski definition) is 0. The summed E-state index contributed by atoms with van der Waals surface area (Å²) in [6, 6.07) is 25.9. The van der Waals surface area contributed by atoms with Crippen LogP contribution in [0.5, 0.6) is 0 Å². The molecule has 0 aliphatic carbocycles. The molecule has 0 heterocycles. The Hall–Kier alpha value is -5.16. The van der Waals surface area contributed by atoms with Crippen LogP contribution in [0.4, 0.5) is 48.3 Å². The largest absolute Gasteiger partial charge is 0.416 e. The van der Waals surface area contributed by atoms with Gasteiger partial charge >= 0.3 is 6.18 Å². The van der Waals surface area contributed by atoms with Crippen molar-refractivity contribution in [2.24, 2.45) is 0 Å². The fraction of sp³-hybridized carbons (Fsp3) is 0.400. The Morgan fingerprint density at radius 2 is 0.750 bits per heavy atom. The predicted octanol–water partition coefficient (Wildman–Crippen LogP) is 22.2. The summed E-state index contributed by atoms with van der Waals surface area (Å²) in [6.07, 6.45) is -4.41. The highest BCUT2D eigenvalue weighted by Crippen LogP contribution is 2.32. The molecule has 0 nitrogen and oxygen atoms in total. The minimum absolute atomic E-state index is 0. The lowest BCUT2D eigenvalue weighted by Crippen LogP contribution is -2.06. The SMILES string of the molecule is C.C.C.CC(C)c1c(F)cccc1Cl.CC(C)c1cc(C(F)(F)F)ccc1F.CC(C)c1ccc(F)cc1F.CC(C)c1ccccc1F.Cc1cc(F)c(C(C)C)c(F)c1.Cc1ccc(C(C)C)c(F)c1. The van der Waals surface area contributed by atoms with Crippen molar-refractivity contribution < 1.29 is 48.3 Å². The molecule has 0 saturated carbocycles. The van der Waals surface area contributed by atoms with Crippen LogP contribution in [0.25, 0.3) is 0 Å². The third kappa shape index (κ3) is 24.0. The highest BCUT2D eigenvalue weighted by Gasteiger charge is 2.31. The molecule has 0 aliphatic rings. The van der Waals surface area contributed by atoms with E-state index in [2.05, 4.69) is 0 Å². The molecule has 0 fully saturated rings. The van der Waals surface area contributed by atoms with Crippen molar-refractivity contribution in [3.8, 4) is 0 Å². The van der Waals surface area contributed by atoms with Gasteiger partial charge in [-0.25, -0.2) is 35.1 Å². The molecule has 0 amide bonds. The van der Waals surface area contributed by atoms with E-state index in [1.54, 1.807) is 58.9 Å². The van der Waals surface area contributed by atoms with Gasteiger partial charge in [-0.2, -0.15) is 13.2 Å². The second-order valence-electron chi connectivity index (χ2n) is 18.2. The third-order valence-electron chi connectivity index (χ3n) is 10.2. The van der Waals surface area contributed by atoms with Crippen LogP contribution < -0.4 is 0 Å². The van der Waals surface area contributed by atoms with Crippen molar-refractivity contribution in [1.29, 1.82) is 0 Å². The summed E-state index contributed by atoms with van der Waals surface area (Å²) >= 11 is 5.78. The second-order valence-corrected chi connectivity index (χ2v) is 18.6. The molecular formula is C60H78ClF11. The summed E-state index contributed by atoms with van der Waals surface area (Å²) in [5.41, 5.74) is 3.84. The molecule has 0 radical (unpaired) electrons. The van der Waals surface area contributed by atoms with Crippen LogP contribution in [-0.4, -0.2) is 0 Å². The average molecular weight is 1040 g/mol. The summed E-state index contributed by atoms with van der Waals surface area (Å²) in [5.74, 6) is -2.41. The lowest BCUT2D eigenvalue weighted by atomic mass is 10.00. The van der Waals surface area contributed by atoms with Crippen molar-refractivity contribution in [3.05, 3.63) is 211 Å². The Bertz CT molecular complexity index is 2390. The zero-order valence-corrected chi connectivity index (χ0v) is 42.6. The van der Waals surface area contributed by atoms with Crippen molar-refractivity contribution in [2.75, 3.05) is 0 Å². The smallest absolute Gasteiger partial charge is 0.207 e. The van der Waals surface area contributed by atoms with Gasteiger partial charge in [0.2, 0.25) is 0 Å². The van der Waals surface area contributed by atoms with E-state index in [1.165, 1.54) is 36.4 Å². The van der Waals surface area contributed by atoms with E-state index in [-0.39, 0.29) is 86.4 Å². The molecule has 12 heteroatoms. The molecule has 0 aromatic heterocycles. The molecule has 0 bridgehead atoms. The minimum atomic E-state index is -4.41. The number of alkyl halides is 3. The van der Waals surface area contributed by atoms with E-state index in [0.717, 1.165) is 41.0 Å². The first-order chi connectivity index (χ1) is 31.9. The average Bonchev–Trinajstić information content (AvgIpc) is 3.21. The maximum Gasteiger partial charge on any atom is 0.416 e. The van der Waals surface area contributed by atoms with E-state index in [1.807, 2.05) is 86.6 Å². The maximum atomic E-state index is 13.1. The molecule has 402 valence electrons. The van der Waals surface area contributed by atoms with Crippen LogP contribution in [-0.2, 0) is 6.18 Å². The lowest BCUT2D eigenvalue weighted by molar-refractivity contribution is -0.137. The molecule has 6 aromatic carbocycles. The summed E-state index contributed by atoms with van der Waals surface area (Å²) in [6.45, 7) is 26.0. The topological polar surface area (TPSA) is 0 Å². The second kappa shape index (κ2) is 33.5. The first kappa shape index (κ1) is 71.1. The Labute approximate surface area is 430 Å². The van der Waals surface area contributed by atoms with Gasteiger partial charge in [0.25, 0.3) is 0 Å². The molecule has 6 rings (SSSR count). The van der Waals surface area contributed by atoms with E-state index in [9.17, 15) is 48.3 Å². The lowest BCUT2D eigenvalue weighted by Gasteiger charge is -2.11. The molecule has 0 aliphatic heterocycles. The first-order valence-corrected chi connectivity index (χ1v) is 23.0. The highest BCUT2D eigenvalue weighted by atomic mass is 35.5. The number of aryl methyl sites for hydroxylation is 2. The summed E-state index contributed by atoms with van der Waals surface area (Å²) in [4.78, 5) is 0. The quantitative estimate of drug-likeness (QED) is 0.146. The van der Waals surface area contributed by atoms with E-state index >= 15 is 0 Å². The fourth-order valence-electron chi connectivity index (χ4n) is 6.50. The maximum absolute atomic E-state index is 13.1. The molecule has 0 spiro atoms. The number of benzene rings is 6. The Kier molecular flexibility index (Phi) is 33.1. The van der Waals surface area contributed by atoms with Crippen molar-refractivity contribution in [1.82, 2.24) is 0 Å². The van der Waals surface area contributed by atoms with Gasteiger partial charge in [-0.15, -0.1) is 0 Å². The van der Waals surface area contributed by atoms with Gasteiger partial charge in [-0.3, -0.25) is 0 Å². The van der Waals surface area contributed by atoms with Crippen molar-refractivity contribution >= 4 is 11.6 Å². The van der Waals surface area contributed by atoms with Crippen LogP contribution >= 0.6 is 11.6 Å². The summed E-state index contributed by atoms with van der Waals surface area (Å²) in [7, 11) is 0. The summed E-state index contributed by atoms with van der Waals surface area (Å²) in [5, 5.41) is 0.514. The molecule has 72 heavy (non-hydrogen) atoms. The van der Waals surface area contributed by atoms with E-state index in [4.69, 9.17) is 11.6 Å². The minimum Gasteiger partial charge on any atom is -0.207 e. The van der Waals surface area contributed by atoms with Crippen molar-refractivity contribution in [2.45, 2.75) is 161 Å². The summed E-state index contributed by atoms with van der Waals surface area (Å²) < 4.78 is 140. The van der Waals surface area contributed by atoms with Gasteiger partial charge in [-0.05, 0) is 143 Å². The van der Waals surface area contributed by atoms with Gasteiger partial charge in [0, 0.05) is 22.2 Å². The normalized spacial score (nSPS) is 10.5. The number of halogens is 12. The first-order valence-electron chi connectivity index (χ1n) is 22.6. The molecule has 0 unspecified atom stereocenters. The van der Waals surface area contributed by atoms with E-state index in [0.29, 0.717) is 21.7 Å². The Balaban J connectivity index is -0.000000789. The highest BCUT2D eigenvalue weighted by molar-refractivity contribution is 6.31. The van der Waals surface area contributed by atoms with Crippen LogP contribution in [0.15, 0.2) is 109 Å². The standard InChI is InChI=1S/C10H10F4.C10H12F2.C10H13F.C9H10ClF.C9H10F2.C9H11F.3CH4/c1-6(2)8-5-7(10(12,13)14)3-4-9(8)11;1-6(2)10-8(11)4-7(3)5-9(10)12;1-7(2)9-5-4-8(3)6-10(9)11;1-6(2)9-7(10)4-3-5-8(9)11;1-6(2)8-4-3-7(10)5-9(8)11;1-7(2)8-5-3-4-6-9(8)10;;;/h3-6H,1-2H3;4-6H,1-3H3;4-7H,1-3H3;2*3-6H,1-2H3;3-7H,1-2H3;3*1H4. The number of rotatable bonds is 6. The fourth-order valence-corrected chi connectivity index (χ4v) is 6.88. The molecule has 0 atom stereocenters. The van der Waals surface area contributed by atoms with Gasteiger partial charge < -0.3 is 0 Å². The Morgan fingerprint density at radius 3 is 1.12 bits per heavy atom. The van der Waals surface area contributed by atoms with Gasteiger partial charge in [0.1, 0.15) is 46.5 Å². The van der Waals surface area contributed by atoms with Crippen LogP contribution in [0.2, 0.25) is 5.02 Å². The molecular weight excluding hydrogens is 965 g/mol. The van der Waals surface area contributed by atoms with Crippen LogP contribution in [0, 0.1) is 60.4 Å². The molecule has 0 N–H and O–H groups in total.